The largest absolute Gasteiger partial charge is 0.366 e. The van der Waals surface area contributed by atoms with Crippen LogP contribution in [0.1, 0.15) is 38.3 Å². The first-order chi connectivity index (χ1) is 10.2. The second-order valence-electron chi connectivity index (χ2n) is 6.21. The number of benzene rings is 1. The quantitative estimate of drug-likeness (QED) is 0.900. The number of hydrogen-bond donors (Lipinski definition) is 1. The number of nitrogens with one attached hydrogen (secondary N) is 1. The van der Waals surface area contributed by atoms with Gasteiger partial charge in [0.05, 0.1) is 5.69 Å². The van der Waals surface area contributed by atoms with Crippen LogP contribution in [0.25, 0.3) is 0 Å². The van der Waals surface area contributed by atoms with Crippen LogP contribution in [-0.2, 0) is 0 Å². The van der Waals surface area contributed by atoms with E-state index < -0.39 is 0 Å². The minimum absolute atomic E-state index is 0.0860. The first-order valence-electron chi connectivity index (χ1n) is 8.21. The van der Waals surface area contributed by atoms with Crippen molar-refractivity contribution in [2.75, 3.05) is 37.6 Å². The van der Waals surface area contributed by atoms with Crippen molar-refractivity contribution in [3.8, 4) is 0 Å². The zero-order chi connectivity index (χ0) is 14.8. The van der Waals surface area contributed by atoms with Crippen molar-refractivity contribution in [2.45, 2.75) is 38.8 Å². The highest BCUT2D eigenvalue weighted by atomic mass is 19.1. The fraction of sp³-hybridized carbons (Fsp3) is 0.647. The Labute approximate surface area is 127 Å². The van der Waals surface area contributed by atoms with Gasteiger partial charge >= 0.3 is 0 Å². The lowest BCUT2D eigenvalue weighted by Crippen LogP contribution is -2.48. The fourth-order valence-corrected chi connectivity index (χ4v) is 3.38. The summed E-state index contributed by atoms with van der Waals surface area (Å²) in [6.07, 6.45) is 2.70. The van der Waals surface area contributed by atoms with Crippen LogP contribution < -0.4 is 10.2 Å². The molecular formula is C17H26FN3. The van der Waals surface area contributed by atoms with E-state index in [1.165, 1.54) is 12.8 Å². The standard InChI is InChI=1S/C17H26FN3/c1-3-19-13(2)15-5-4-6-16(18)17(15)21-11-9-20(10-12-21)14-7-8-14/h4-6,13-14,19H,3,7-12H2,1-2H3. The molecule has 2 aliphatic rings. The predicted molar refractivity (Wildman–Crippen MR) is 85.3 cm³/mol. The molecular weight excluding hydrogens is 265 g/mol. The second-order valence-corrected chi connectivity index (χ2v) is 6.21. The summed E-state index contributed by atoms with van der Waals surface area (Å²) in [6, 6.07) is 6.46. The summed E-state index contributed by atoms with van der Waals surface area (Å²) in [5.41, 5.74) is 1.89. The van der Waals surface area contributed by atoms with Crippen molar-refractivity contribution in [2.24, 2.45) is 0 Å². The van der Waals surface area contributed by atoms with Crippen molar-refractivity contribution in [3.63, 3.8) is 0 Å². The van der Waals surface area contributed by atoms with Crippen LogP contribution in [0, 0.1) is 5.82 Å². The second kappa shape index (κ2) is 6.32. The zero-order valence-electron chi connectivity index (χ0n) is 13.1. The Morgan fingerprint density at radius 2 is 1.95 bits per heavy atom. The number of anilines is 1. The summed E-state index contributed by atoms with van der Waals surface area (Å²) >= 11 is 0. The average Bonchev–Trinajstić information content (AvgIpc) is 3.32. The van der Waals surface area contributed by atoms with Gasteiger partial charge in [-0.05, 0) is 37.9 Å². The van der Waals surface area contributed by atoms with Gasteiger partial charge in [-0.3, -0.25) is 4.90 Å². The van der Waals surface area contributed by atoms with Crippen LogP contribution in [0.4, 0.5) is 10.1 Å². The van der Waals surface area contributed by atoms with Crippen molar-refractivity contribution < 1.29 is 4.39 Å². The van der Waals surface area contributed by atoms with Gasteiger partial charge in [0, 0.05) is 38.3 Å². The third-order valence-electron chi connectivity index (χ3n) is 4.69. The lowest BCUT2D eigenvalue weighted by Gasteiger charge is -2.37. The Morgan fingerprint density at radius 1 is 1.24 bits per heavy atom. The molecule has 1 atom stereocenters. The van der Waals surface area contributed by atoms with E-state index in [9.17, 15) is 4.39 Å². The maximum Gasteiger partial charge on any atom is 0.146 e. The molecule has 4 heteroatoms. The van der Waals surface area contributed by atoms with E-state index in [0.29, 0.717) is 0 Å². The first-order valence-corrected chi connectivity index (χ1v) is 8.21. The topological polar surface area (TPSA) is 18.5 Å². The van der Waals surface area contributed by atoms with Gasteiger partial charge in [-0.25, -0.2) is 4.39 Å². The van der Waals surface area contributed by atoms with Gasteiger partial charge in [0.1, 0.15) is 5.82 Å². The summed E-state index contributed by atoms with van der Waals surface area (Å²) in [4.78, 5) is 4.79. The number of hydrogen-bond acceptors (Lipinski definition) is 3. The van der Waals surface area contributed by atoms with E-state index in [2.05, 4.69) is 35.0 Å². The molecule has 1 saturated carbocycles. The Kier molecular flexibility index (Phi) is 4.45. The maximum atomic E-state index is 14.4. The van der Waals surface area contributed by atoms with Crippen molar-refractivity contribution in [1.82, 2.24) is 10.2 Å². The van der Waals surface area contributed by atoms with E-state index in [0.717, 1.165) is 50.0 Å². The van der Waals surface area contributed by atoms with E-state index >= 15 is 0 Å². The summed E-state index contributed by atoms with van der Waals surface area (Å²) in [5, 5.41) is 3.40. The summed E-state index contributed by atoms with van der Waals surface area (Å²) in [7, 11) is 0. The molecule has 1 aromatic carbocycles. The lowest BCUT2D eigenvalue weighted by molar-refractivity contribution is 0.247. The van der Waals surface area contributed by atoms with Gasteiger partial charge in [0.15, 0.2) is 0 Å². The van der Waals surface area contributed by atoms with Gasteiger partial charge in [0.25, 0.3) is 0 Å². The lowest BCUT2D eigenvalue weighted by atomic mass is 10.0. The highest BCUT2D eigenvalue weighted by Gasteiger charge is 2.32. The number of piperazine rings is 1. The molecule has 1 aliphatic heterocycles. The van der Waals surface area contributed by atoms with Crippen LogP contribution >= 0.6 is 0 Å². The molecule has 3 rings (SSSR count). The monoisotopic (exact) mass is 291 g/mol. The molecule has 21 heavy (non-hydrogen) atoms. The molecule has 0 aromatic heterocycles. The Bertz CT molecular complexity index is 479. The molecule has 1 aliphatic carbocycles. The van der Waals surface area contributed by atoms with Crippen LogP contribution in [0.5, 0.6) is 0 Å². The Morgan fingerprint density at radius 3 is 2.57 bits per heavy atom. The fourth-order valence-electron chi connectivity index (χ4n) is 3.38. The zero-order valence-corrected chi connectivity index (χ0v) is 13.1. The first kappa shape index (κ1) is 14.8. The van der Waals surface area contributed by atoms with Crippen LogP contribution in [0.2, 0.25) is 0 Å². The summed E-state index contributed by atoms with van der Waals surface area (Å²) in [5.74, 6) is -0.0860. The Hall–Kier alpha value is -1.13. The molecule has 1 aromatic rings. The van der Waals surface area contributed by atoms with Gasteiger partial charge in [-0.2, -0.15) is 0 Å². The van der Waals surface area contributed by atoms with Gasteiger partial charge in [-0.1, -0.05) is 19.1 Å². The number of rotatable bonds is 5. The third kappa shape index (κ3) is 3.22. The van der Waals surface area contributed by atoms with E-state index in [1.54, 1.807) is 6.07 Å². The normalized spacial score (nSPS) is 21.6. The molecule has 0 radical (unpaired) electrons. The molecule has 1 N–H and O–H groups in total. The van der Waals surface area contributed by atoms with E-state index in [-0.39, 0.29) is 11.9 Å². The molecule has 0 amide bonds. The van der Waals surface area contributed by atoms with Gasteiger partial charge in [0.2, 0.25) is 0 Å². The molecule has 1 unspecified atom stereocenters. The highest BCUT2D eigenvalue weighted by Crippen LogP contribution is 2.32. The number of halogens is 1. The third-order valence-corrected chi connectivity index (χ3v) is 4.69. The van der Waals surface area contributed by atoms with Crippen LogP contribution in [0.15, 0.2) is 18.2 Å². The number of nitrogens with zero attached hydrogens (tertiary/aromatic N) is 2. The molecule has 1 heterocycles. The smallest absolute Gasteiger partial charge is 0.146 e. The summed E-state index contributed by atoms with van der Waals surface area (Å²) in [6.45, 7) is 9.09. The van der Waals surface area contributed by atoms with E-state index in [4.69, 9.17) is 0 Å². The molecule has 2 fully saturated rings. The minimum atomic E-state index is -0.0860. The van der Waals surface area contributed by atoms with E-state index in [1.807, 2.05) is 6.07 Å². The van der Waals surface area contributed by atoms with Crippen LogP contribution in [-0.4, -0.2) is 43.7 Å². The molecule has 3 nitrogen and oxygen atoms in total. The SMILES string of the molecule is CCNC(C)c1cccc(F)c1N1CCN(C2CC2)CC1. The Balaban J connectivity index is 1.77. The molecule has 1 saturated heterocycles. The minimum Gasteiger partial charge on any atom is -0.366 e. The maximum absolute atomic E-state index is 14.4. The van der Waals surface area contributed by atoms with Gasteiger partial charge in [-0.15, -0.1) is 0 Å². The number of para-hydroxylation sites is 1. The molecule has 0 spiro atoms. The van der Waals surface area contributed by atoms with Crippen molar-refractivity contribution in [3.05, 3.63) is 29.6 Å². The van der Waals surface area contributed by atoms with Gasteiger partial charge < -0.3 is 10.2 Å². The van der Waals surface area contributed by atoms with Crippen molar-refractivity contribution >= 4 is 5.69 Å². The molecule has 116 valence electrons. The highest BCUT2D eigenvalue weighted by molar-refractivity contribution is 5.56. The predicted octanol–water partition coefficient (Wildman–Crippen LogP) is 2.78. The average molecular weight is 291 g/mol. The van der Waals surface area contributed by atoms with Crippen molar-refractivity contribution in [1.29, 1.82) is 0 Å². The van der Waals surface area contributed by atoms with Crippen LogP contribution in [0.3, 0.4) is 0 Å². The summed E-state index contributed by atoms with van der Waals surface area (Å²) < 4.78 is 14.4. The molecule has 0 bridgehead atoms.